The summed E-state index contributed by atoms with van der Waals surface area (Å²) < 4.78 is 5.35. The summed E-state index contributed by atoms with van der Waals surface area (Å²) in [6.07, 6.45) is 2.41. The molecule has 1 aromatic carbocycles. The number of anilines is 1. The van der Waals surface area contributed by atoms with Gasteiger partial charge in [0.15, 0.2) is 10.9 Å². The average molecular weight is 434 g/mol. The molecule has 3 aromatic rings. The van der Waals surface area contributed by atoms with E-state index in [1.54, 1.807) is 17.0 Å². The van der Waals surface area contributed by atoms with E-state index < -0.39 is 0 Å². The largest absolute Gasteiger partial charge is 0.459 e. The first-order chi connectivity index (χ1) is 13.6. The van der Waals surface area contributed by atoms with Crippen LogP contribution in [0.2, 0.25) is 0 Å². The van der Waals surface area contributed by atoms with Gasteiger partial charge >= 0.3 is 0 Å². The number of thiazole rings is 1. The number of benzene rings is 1. The Balaban J connectivity index is 0.00000300. The number of hydrogen-bond acceptors (Lipinski definition) is 5. The van der Waals surface area contributed by atoms with Crippen molar-refractivity contribution in [3.63, 3.8) is 0 Å². The van der Waals surface area contributed by atoms with Gasteiger partial charge < -0.3 is 9.32 Å². The van der Waals surface area contributed by atoms with Crippen LogP contribution in [0.5, 0.6) is 0 Å². The summed E-state index contributed by atoms with van der Waals surface area (Å²) in [7, 11) is 0. The fourth-order valence-corrected chi connectivity index (χ4v) is 3.91. The zero-order chi connectivity index (χ0) is 19.9. The van der Waals surface area contributed by atoms with Crippen molar-refractivity contribution in [1.29, 1.82) is 0 Å². The fraction of sp³-hybridized carbons (Fsp3) is 0.364. The Kier molecular flexibility index (Phi) is 8.89. The van der Waals surface area contributed by atoms with Crippen LogP contribution in [-0.4, -0.2) is 42.0 Å². The maximum absolute atomic E-state index is 13.0. The molecule has 0 spiro atoms. The van der Waals surface area contributed by atoms with Crippen molar-refractivity contribution in [2.24, 2.45) is 0 Å². The van der Waals surface area contributed by atoms with Crippen molar-refractivity contribution in [1.82, 2.24) is 9.88 Å². The highest BCUT2D eigenvalue weighted by molar-refractivity contribution is 7.14. The second kappa shape index (κ2) is 11.1. The summed E-state index contributed by atoms with van der Waals surface area (Å²) in [6.45, 7) is 9.96. The third kappa shape index (κ3) is 5.92. The zero-order valence-corrected chi connectivity index (χ0v) is 18.8. The van der Waals surface area contributed by atoms with Crippen molar-refractivity contribution >= 4 is 34.8 Å². The van der Waals surface area contributed by atoms with Gasteiger partial charge in [-0.2, -0.15) is 0 Å². The molecule has 0 aliphatic carbocycles. The Hall–Kier alpha value is -2.15. The summed E-state index contributed by atoms with van der Waals surface area (Å²) in [5.74, 6) is 0.198. The molecule has 1 amide bonds. The van der Waals surface area contributed by atoms with Gasteiger partial charge in [0.1, 0.15) is 0 Å². The van der Waals surface area contributed by atoms with Gasteiger partial charge in [-0.15, -0.1) is 23.7 Å². The first-order valence-corrected chi connectivity index (χ1v) is 10.6. The predicted octanol–water partition coefficient (Wildman–Crippen LogP) is 5.51. The van der Waals surface area contributed by atoms with Crippen LogP contribution in [-0.2, 0) is 0 Å². The van der Waals surface area contributed by atoms with Crippen LogP contribution in [0.25, 0.3) is 11.3 Å². The molecule has 0 aliphatic rings. The summed E-state index contributed by atoms with van der Waals surface area (Å²) in [4.78, 5) is 21.8. The SMILES string of the molecule is CCN(CC)CCCN(C(=O)c1ccco1)c1nc(-c2ccc(C)cc2)cs1.Cl. The minimum Gasteiger partial charge on any atom is -0.459 e. The molecule has 0 atom stereocenters. The molecule has 2 heterocycles. The third-order valence-corrected chi connectivity index (χ3v) is 5.66. The monoisotopic (exact) mass is 433 g/mol. The molecule has 29 heavy (non-hydrogen) atoms. The predicted molar refractivity (Wildman–Crippen MR) is 122 cm³/mol. The number of halogens is 1. The lowest BCUT2D eigenvalue weighted by molar-refractivity contribution is 0.0959. The van der Waals surface area contributed by atoms with E-state index in [9.17, 15) is 4.79 Å². The molecule has 3 rings (SSSR count). The van der Waals surface area contributed by atoms with E-state index >= 15 is 0 Å². The number of carbonyl (C=O) groups is 1. The summed E-state index contributed by atoms with van der Waals surface area (Å²) >= 11 is 1.49. The quantitative estimate of drug-likeness (QED) is 0.446. The molecule has 0 saturated heterocycles. The number of rotatable bonds is 9. The van der Waals surface area contributed by atoms with Gasteiger partial charge in [0.05, 0.1) is 12.0 Å². The second-order valence-electron chi connectivity index (χ2n) is 6.70. The molecule has 0 bridgehead atoms. The van der Waals surface area contributed by atoms with E-state index in [1.807, 2.05) is 5.38 Å². The molecule has 0 fully saturated rings. The standard InChI is InChI=1S/C22H27N3O2S.ClH/c1-4-24(5-2)13-7-14-25(21(26)20-8-6-15-27-20)22-23-19(16-28-22)18-11-9-17(3)10-12-18;/h6,8-12,15-16H,4-5,7,13-14H2,1-3H3;1H. The Morgan fingerprint density at radius 2 is 1.83 bits per heavy atom. The van der Waals surface area contributed by atoms with Gasteiger partial charge in [-0.3, -0.25) is 9.69 Å². The van der Waals surface area contributed by atoms with Crippen molar-refractivity contribution in [2.75, 3.05) is 31.1 Å². The first kappa shape index (κ1) is 23.1. The Labute approximate surface area is 182 Å². The number of furan rings is 1. The second-order valence-corrected chi connectivity index (χ2v) is 7.53. The summed E-state index contributed by atoms with van der Waals surface area (Å²) in [6, 6.07) is 11.7. The van der Waals surface area contributed by atoms with E-state index in [0.717, 1.165) is 37.3 Å². The highest BCUT2D eigenvalue weighted by Gasteiger charge is 2.23. The van der Waals surface area contributed by atoms with Crippen LogP contribution in [0.4, 0.5) is 5.13 Å². The molecular weight excluding hydrogens is 406 g/mol. The van der Waals surface area contributed by atoms with E-state index in [1.165, 1.54) is 23.2 Å². The van der Waals surface area contributed by atoms with E-state index in [4.69, 9.17) is 9.40 Å². The van der Waals surface area contributed by atoms with Crippen molar-refractivity contribution < 1.29 is 9.21 Å². The number of nitrogens with zero attached hydrogens (tertiary/aromatic N) is 3. The maximum atomic E-state index is 13.0. The highest BCUT2D eigenvalue weighted by atomic mass is 35.5. The minimum atomic E-state index is -0.144. The molecule has 0 saturated carbocycles. The molecule has 0 N–H and O–H groups in total. The van der Waals surface area contributed by atoms with Crippen LogP contribution in [0.15, 0.2) is 52.5 Å². The molecule has 5 nitrogen and oxygen atoms in total. The van der Waals surface area contributed by atoms with Crippen LogP contribution < -0.4 is 4.90 Å². The van der Waals surface area contributed by atoms with Crippen molar-refractivity contribution in [2.45, 2.75) is 27.2 Å². The normalized spacial score (nSPS) is 10.8. The number of aromatic nitrogens is 1. The van der Waals surface area contributed by atoms with E-state index in [0.29, 0.717) is 17.4 Å². The van der Waals surface area contributed by atoms with Gasteiger partial charge in [0.2, 0.25) is 0 Å². The van der Waals surface area contributed by atoms with E-state index in [2.05, 4.69) is 49.9 Å². The molecule has 2 aromatic heterocycles. The van der Waals surface area contributed by atoms with Crippen molar-refractivity contribution in [3.8, 4) is 11.3 Å². The van der Waals surface area contributed by atoms with Crippen LogP contribution in [0.3, 0.4) is 0 Å². The number of amides is 1. The third-order valence-electron chi connectivity index (χ3n) is 4.80. The molecular formula is C22H28ClN3O2S. The topological polar surface area (TPSA) is 49.6 Å². The molecule has 0 unspecified atom stereocenters. The summed E-state index contributed by atoms with van der Waals surface area (Å²) in [5, 5.41) is 2.71. The van der Waals surface area contributed by atoms with Gasteiger partial charge in [-0.1, -0.05) is 43.7 Å². The average Bonchev–Trinajstić information content (AvgIpc) is 3.41. The number of hydrogen-bond donors (Lipinski definition) is 0. The minimum absolute atomic E-state index is 0. The molecule has 0 aliphatic heterocycles. The molecule has 0 radical (unpaired) electrons. The van der Waals surface area contributed by atoms with Gasteiger partial charge in [0.25, 0.3) is 5.91 Å². The molecule has 7 heteroatoms. The fourth-order valence-electron chi connectivity index (χ4n) is 3.05. The highest BCUT2D eigenvalue weighted by Crippen LogP contribution is 2.29. The Morgan fingerprint density at radius 3 is 2.45 bits per heavy atom. The maximum Gasteiger partial charge on any atom is 0.295 e. The van der Waals surface area contributed by atoms with Crippen LogP contribution >= 0.6 is 23.7 Å². The molecule has 156 valence electrons. The van der Waals surface area contributed by atoms with Crippen LogP contribution in [0.1, 0.15) is 36.4 Å². The Morgan fingerprint density at radius 1 is 1.10 bits per heavy atom. The van der Waals surface area contributed by atoms with Gasteiger partial charge in [0, 0.05) is 17.5 Å². The van der Waals surface area contributed by atoms with Crippen molar-refractivity contribution in [3.05, 3.63) is 59.4 Å². The van der Waals surface area contributed by atoms with E-state index in [-0.39, 0.29) is 18.3 Å². The summed E-state index contributed by atoms with van der Waals surface area (Å²) in [5.41, 5.74) is 3.16. The zero-order valence-electron chi connectivity index (χ0n) is 17.1. The number of aryl methyl sites for hydroxylation is 1. The lowest BCUT2D eigenvalue weighted by atomic mass is 10.1. The lowest BCUT2D eigenvalue weighted by Crippen LogP contribution is -2.34. The van der Waals surface area contributed by atoms with Crippen LogP contribution in [0, 0.1) is 6.92 Å². The Bertz CT molecular complexity index is 874. The lowest BCUT2D eigenvalue weighted by Gasteiger charge is -2.22. The van der Waals surface area contributed by atoms with Gasteiger partial charge in [-0.25, -0.2) is 4.98 Å². The number of carbonyl (C=O) groups excluding carboxylic acids is 1. The van der Waals surface area contributed by atoms with Gasteiger partial charge in [-0.05, 0) is 45.1 Å². The smallest absolute Gasteiger partial charge is 0.295 e. The first-order valence-electron chi connectivity index (χ1n) is 9.72.